The Labute approximate surface area is 164 Å². The van der Waals surface area contributed by atoms with Crippen LogP contribution in [0.2, 0.25) is 0 Å². The van der Waals surface area contributed by atoms with E-state index in [9.17, 15) is 18.0 Å². The minimum absolute atomic E-state index is 0.0541. The van der Waals surface area contributed by atoms with Crippen LogP contribution in [0.15, 0.2) is 53.4 Å². The summed E-state index contributed by atoms with van der Waals surface area (Å²) in [5, 5.41) is 8.18. The summed E-state index contributed by atoms with van der Waals surface area (Å²) >= 11 is 0. The Morgan fingerprint density at radius 2 is 1.57 bits per heavy atom. The van der Waals surface area contributed by atoms with Gasteiger partial charge in [0.2, 0.25) is 10.0 Å². The fourth-order valence-corrected chi connectivity index (χ4v) is 3.04. The second-order valence-electron chi connectivity index (χ2n) is 6.36. The number of anilines is 1. The molecule has 0 aliphatic heterocycles. The lowest BCUT2D eigenvalue weighted by Gasteiger charge is -2.10. The van der Waals surface area contributed by atoms with Gasteiger partial charge in [0.25, 0.3) is 5.91 Å². The quantitative estimate of drug-likeness (QED) is 0.565. The van der Waals surface area contributed by atoms with E-state index in [1.807, 2.05) is 13.8 Å². The first-order chi connectivity index (χ1) is 13.2. The fraction of sp³-hybridized carbons (Fsp3) is 0.263. The van der Waals surface area contributed by atoms with Gasteiger partial charge >= 0.3 is 6.03 Å². The van der Waals surface area contributed by atoms with E-state index >= 15 is 0 Å². The maximum absolute atomic E-state index is 12.3. The Bertz CT molecular complexity index is 923. The molecule has 2 rings (SSSR count). The van der Waals surface area contributed by atoms with Gasteiger partial charge in [-0.1, -0.05) is 12.1 Å². The smallest absolute Gasteiger partial charge is 0.315 e. The highest BCUT2D eigenvalue weighted by molar-refractivity contribution is 7.89. The molecule has 3 amide bonds. The van der Waals surface area contributed by atoms with E-state index in [-0.39, 0.29) is 22.9 Å². The molecule has 2 aromatic rings. The fourth-order valence-electron chi connectivity index (χ4n) is 2.31. The van der Waals surface area contributed by atoms with Crippen LogP contribution in [0.3, 0.4) is 0 Å². The van der Waals surface area contributed by atoms with Gasteiger partial charge in [0.1, 0.15) is 0 Å². The van der Waals surface area contributed by atoms with Gasteiger partial charge in [0.05, 0.1) is 4.90 Å². The summed E-state index contributed by atoms with van der Waals surface area (Å²) in [5.74, 6) is -0.318. The first-order valence-corrected chi connectivity index (χ1v) is 10.2. The van der Waals surface area contributed by atoms with Gasteiger partial charge in [0, 0.05) is 23.8 Å². The predicted octanol–water partition coefficient (Wildman–Crippen LogP) is 2.05. The van der Waals surface area contributed by atoms with Crippen LogP contribution in [0.1, 0.15) is 29.8 Å². The van der Waals surface area contributed by atoms with Crippen molar-refractivity contribution in [3.8, 4) is 0 Å². The van der Waals surface area contributed by atoms with Crippen molar-refractivity contribution >= 4 is 27.6 Å². The van der Waals surface area contributed by atoms with E-state index in [0.29, 0.717) is 17.8 Å². The van der Waals surface area contributed by atoms with Crippen LogP contribution in [-0.2, 0) is 16.6 Å². The van der Waals surface area contributed by atoms with Crippen molar-refractivity contribution in [1.29, 1.82) is 0 Å². The van der Waals surface area contributed by atoms with E-state index < -0.39 is 10.0 Å². The largest absolute Gasteiger partial charge is 0.336 e. The third-order valence-corrected chi connectivity index (χ3v) is 5.21. The summed E-state index contributed by atoms with van der Waals surface area (Å²) in [6, 6.07) is 12.5. The normalized spacial score (nSPS) is 11.1. The molecule has 0 heterocycles. The monoisotopic (exact) mass is 404 g/mol. The molecule has 2 aromatic carbocycles. The van der Waals surface area contributed by atoms with Crippen LogP contribution < -0.4 is 20.7 Å². The van der Waals surface area contributed by atoms with Crippen molar-refractivity contribution in [2.75, 3.05) is 12.4 Å². The number of hydrogen-bond donors (Lipinski definition) is 4. The first kappa shape index (κ1) is 21.4. The van der Waals surface area contributed by atoms with E-state index in [0.717, 1.165) is 5.56 Å². The van der Waals surface area contributed by atoms with E-state index in [4.69, 9.17) is 0 Å². The number of nitrogens with one attached hydrogen (secondary N) is 4. The van der Waals surface area contributed by atoms with Crippen LogP contribution in [0.25, 0.3) is 0 Å². The summed E-state index contributed by atoms with van der Waals surface area (Å²) in [6.07, 6.45) is 0. The first-order valence-electron chi connectivity index (χ1n) is 8.69. The van der Waals surface area contributed by atoms with Crippen molar-refractivity contribution in [2.24, 2.45) is 0 Å². The van der Waals surface area contributed by atoms with E-state index in [1.54, 1.807) is 24.3 Å². The van der Waals surface area contributed by atoms with Crippen molar-refractivity contribution in [3.63, 3.8) is 0 Å². The minimum atomic E-state index is -3.52. The molecule has 0 unspecified atom stereocenters. The topological polar surface area (TPSA) is 116 Å². The maximum Gasteiger partial charge on any atom is 0.315 e. The van der Waals surface area contributed by atoms with Gasteiger partial charge in [0.15, 0.2) is 0 Å². The number of amides is 3. The molecule has 0 saturated carbocycles. The number of hydrogen-bond acceptors (Lipinski definition) is 4. The lowest BCUT2D eigenvalue weighted by atomic mass is 10.1. The number of carbonyl (C=O) groups is 2. The van der Waals surface area contributed by atoms with Gasteiger partial charge in [-0.3, -0.25) is 4.79 Å². The van der Waals surface area contributed by atoms with Crippen LogP contribution in [0.4, 0.5) is 10.5 Å². The molecule has 9 heteroatoms. The van der Waals surface area contributed by atoms with Gasteiger partial charge in [-0.15, -0.1) is 0 Å². The Balaban J connectivity index is 1.95. The molecule has 0 bridgehead atoms. The highest BCUT2D eigenvalue weighted by atomic mass is 32.2. The van der Waals surface area contributed by atoms with Gasteiger partial charge < -0.3 is 16.0 Å². The average molecular weight is 404 g/mol. The molecule has 4 N–H and O–H groups in total. The third-order valence-electron chi connectivity index (χ3n) is 3.78. The zero-order valence-corrected chi connectivity index (χ0v) is 16.8. The van der Waals surface area contributed by atoms with E-state index in [2.05, 4.69) is 20.7 Å². The Hall–Kier alpha value is -2.91. The van der Waals surface area contributed by atoms with Crippen LogP contribution in [-0.4, -0.2) is 33.4 Å². The van der Waals surface area contributed by atoms with Crippen LogP contribution in [0.5, 0.6) is 0 Å². The van der Waals surface area contributed by atoms with Crippen molar-refractivity contribution in [2.45, 2.75) is 31.3 Å². The predicted molar refractivity (Wildman–Crippen MR) is 108 cm³/mol. The molecule has 8 nitrogen and oxygen atoms in total. The molecule has 0 spiro atoms. The minimum Gasteiger partial charge on any atom is -0.336 e. The lowest BCUT2D eigenvalue weighted by Crippen LogP contribution is -2.39. The van der Waals surface area contributed by atoms with Gasteiger partial charge in [-0.05, 0) is 62.9 Å². The van der Waals surface area contributed by atoms with Gasteiger partial charge in [-0.2, -0.15) is 0 Å². The highest BCUT2D eigenvalue weighted by Gasteiger charge is 2.12. The summed E-state index contributed by atoms with van der Waals surface area (Å²) in [4.78, 5) is 24.0. The zero-order chi connectivity index (χ0) is 20.7. The van der Waals surface area contributed by atoms with E-state index in [1.165, 1.54) is 31.3 Å². The number of sulfonamides is 1. The highest BCUT2D eigenvalue weighted by Crippen LogP contribution is 2.15. The molecule has 0 aromatic heterocycles. The third kappa shape index (κ3) is 6.07. The van der Waals surface area contributed by atoms with Gasteiger partial charge in [-0.25, -0.2) is 17.9 Å². The molecule has 150 valence electrons. The number of rotatable bonds is 7. The molecule has 0 fully saturated rings. The lowest BCUT2D eigenvalue weighted by molar-refractivity contribution is 0.102. The van der Waals surface area contributed by atoms with Crippen molar-refractivity contribution in [3.05, 3.63) is 59.7 Å². The van der Waals surface area contributed by atoms with Crippen molar-refractivity contribution in [1.82, 2.24) is 15.4 Å². The second kappa shape index (κ2) is 9.34. The standard InChI is InChI=1S/C19H24N4O4S/c1-13(2)22-19(25)21-12-14-4-6-15(7-5-14)18(24)23-16-8-10-17(11-9-16)28(26,27)20-3/h4-11,13,20H,12H2,1-3H3,(H,23,24)(H2,21,22,25). The molecule has 28 heavy (non-hydrogen) atoms. The summed E-state index contributed by atoms with van der Waals surface area (Å²) in [5.41, 5.74) is 1.79. The Kier molecular flexibility index (Phi) is 7.13. The zero-order valence-electron chi connectivity index (χ0n) is 15.9. The molecule has 0 aliphatic carbocycles. The molecule has 0 atom stereocenters. The maximum atomic E-state index is 12.3. The number of benzene rings is 2. The molecule has 0 saturated heterocycles. The Morgan fingerprint density at radius 3 is 2.11 bits per heavy atom. The Morgan fingerprint density at radius 1 is 0.964 bits per heavy atom. The molecule has 0 aliphatic rings. The summed E-state index contributed by atoms with van der Waals surface area (Å²) in [6.45, 7) is 4.10. The number of urea groups is 1. The second-order valence-corrected chi connectivity index (χ2v) is 8.25. The number of carbonyl (C=O) groups excluding carboxylic acids is 2. The van der Waals surface area contributed by atoms with Crippen LogP contribution >= 0.6 is 0 Å². The van der Waals surface area contributed by atoms with Crippen LogP contribution in [0, 0.1) is 0 Å². The molecule has 0 radical (unpaired) electrons. The van der Waals surface area contributed by atoms with Crippen molar-refractivity contribution < 1.29 is 18.0 Å². The molecular formula is C19H24N4O4S. The average Bonchev–Trinajstić information content (AvgIpc) is 2.66. The SMILES string of the molecule is CNS(=O)(=O)c1ccc(NC(=O)c2ccc(CNC(=O)NC(C)C)cc2)cc1. The summed E-state index contributed by atoms with van der Waals surface area (Å²) < 4.78 is 25.6. The summed E-state index contributed by atoms with van der Waals surface area (Å²) in [7, 11) is -2.18. The molecular weight excluding hydrogens is 380 g/mol.